The molecule has 2 N–H and O–H groups in total. The van der Waals surface area contributed by atoms with E-state index in [1.807, 2.05) is 23.0 Å². The summed E-state index contributed by atoms with van der Waals surface area (Å²) in [6.07, 6.45) is 5.15. The molecule has 7 heteroatoms. The first-order valence-electron chi connectivity index (χ1n) is 9.73. The topological polar surface area (TPSA) is 62.2 Å². The SMILES string of the molecule is O=C(NCC1CCN(c2ccc(F)cc2)C1)c1ccn(C2CCCNC2)n1. The number of amides is 1. The van der Waals surface area contributed by atoms with Crippen LogP contribution in [0, 0.1) is 11.7 Å². The van der Waals surface area contributed by atoms with E-state index in [0.717, 1.165) is 51.1 Å². The van der Waals surface area contributed by atoms with Crippen LogP contribution in [0.1, 0.15) is 35.8 Å². The first kappa shape index (κ1) is 18.0. The van der Waals surface area contributed by atoms with Crippen LogP contribution in [0.5, 0.6) is 0 Å². The molecule has 2 aromatic rings. The fourth-order valence-corrected chi connectivity index (χ4v) is 3.94. The molecule has 2 aliphatic heterocycles. The second-order valence-electron chi connectivity index (χ2n) is 7.47. The van der Waals surface area contributed by atoms with Gasteiger partial charge in [0, 0.05) is 38.1 Å². The number of aromatic nitrogens is 2. The molecule has 2 atom stereocenters. The van der Waals surface area contributed by atoms with Crippen LogP contribution >= 0.6 is 0 Å². The van der Waals surface area contributed by atoms with Crippen LogP contribution in [0.3, 0.4) is 0 Å². The fraction of sp³-hybridized carbons (Fsp3) is 0.500. The summed E-state index contributed by atoms with van der Waals surface area (Å²) < 4.78 is 15.0. The standard InChI is InChI=1S/C20H26FN5O/c21-16-3-5-17(6-4-16)25-10-7-15(14-25)12-23-20(27)19-8-11-26(24-19)18-2-1-9-22-13-18/h3-6,8,11,15,18,22H,1-2,7,9-10,12-14H2,(H,23,27). The summed E-state index contributed by atoms with van der Waals surface area (Å²) in [5.74, 6) is 0.0617. The molecule has 2 saturated heterocycles. The van der Waals surface area contributed by atoms with Crippen LogP contribution in [-0.2, 0) is 0 Å². The van der Waals surface area contributed by atoms with Crippen molar-refractivity contribution in [2.45, 2.75) is 25.3 Å². The zero-order valence-electron chi connectivity index (χ0n) is 15.4. The van der Waals surface area contributed by atoms with Crippen LogP contribution in [0.2, 0.25) is 0 Å². The maximum atomic E-state index is 13.1. The summed E-state index contributed by atoms with van der Waals surface area (Å²) in [6.45, 7) is 4.39. The zero-order chi connectivity index (χ0) is 18.6. The van der Waals surface area contributed by atoms with Crippen molar-refractivity contribution >= 4 is 11.6 Å². The second kappa shape index (κ2) is 8.08. The van der Waals surface area contributed by atoms with Crippen LogP contribution in [0.15, 0.2) is 36.5 Å². The van der Waals surface area contributed by atoms with Crippen LogP contribution in [0.25, 0.3) is 0 Å². The average Bonchev–Trinajstić information content (AvgIpc) is 3.37. The lowest BCUT2D eigenvalue weighted by Crippen LogP contribution is -2.33. The van der Waals surface area contributed by atoms with Crippen LogP contribution < -0.4 is 15.5 Å². The van der Waals surface area contributed by atoms with E-state index in [4.69, 9.17) is 0 Å². The molecule has 2 unspecified atom stereocenters. The van der Waals surface area contributed by atoms with Crippen molar-refractivity contribution in [2.24, 2.45) is 5.92 Å². The van der Waals surface area contributed by atoms with Gasteiger partial charge >= 0.3 is 0 Å². The molecule has 27 heavy (non-hydrogen) atoms. The number of anilines is 1. The smallest absolute Gasteiger partial charge is 0.271 e. The Kier molecular flexibility index (Phi) is 5.38. The van der Waals surface area contributed by atoms with Gasteiger partial charge in [-0.2, -0.15) is 5.10 Å². The number of carbonyl (C=O) groups is 1. The summed E-state index contributed by atoms with van der Waals surface area (Å²) in [7, 11) is 0. The summed E-state index contributed by atoms with van der Waals surface area (Å²) in [5.41, 5.74) is 1.51. The first-order chi connectivity index (χ1) is 13.2. The molecule has 0 aliphatic carbocycles. The van der Waals surface area contributed by atoms with E-state index in [1.54, 1.807) is 6.07 Å². The molecular weight excluding hydrogens is 345 g/mol. The van der Waals surface area contributed by atoms with E-state index in [2.05, 4.69) is 20.6 Å². The monoisotopic (exact) mass is 371 g/mol. The number of nitrogens with one attached hydrogen (secondary N) is 2. The lowest BCUT2D eigenvalue weighted by Gasteiger charge is -2.22. The number of carbonyl (C=O) groups excluding carboxylic acids is 1. The molecule has 4 rings (SSSR count). The van der Waals surface area contributed by atoms with E-state index < -0.39 is 0 Å². The van der Waals surface area contributed by atoms with Crippen molar-refractivity contribution in [3.8, 4) is 0 Å². The molecule has 1 amide bonds. The molecule has 0 bridgehead atoms. The Labute approximate surface area is 158 Å². The number of nitrogens with zero attached hydrogens (tertiary/aromatic N) is 3. The molecule has 1 aromatic heterocycles. The van der Waals surface area contributed by atoms with Gasteiger partial charge in [0.15, 0.2) is 0 Å². The largest absolute Gasteiger partial charge is 0.371 e. The van der Waals surface area contributed by atoms with Gasteiger partial charge in [-0.3, -0.25) is 9.48 Å². The normalized spacial score (nSPS) is 22.8. The van der Waals surface area contributed by atoms with Gasteiger partial charge in [0.25, 0.3) is 5.91 Å². The van der Waals surface area contributed by atoms with E-state index in [1.165, 1.54) is 12.1 Å². The molecular formula is C20H26FN5O. The van der Waals surface area contributed by atoms with Gasteiger partial charge in [0.05, 0.1) is 6.04 Å². The van der Waals surface area contributed by atoms with E-state index in [9.17, 15) is 9.18 Å². The Morgan fingerprint density at radius 1 is 1.26 bits per heavy atom. The quantitative estimate of drug-likeness (QED) is 0.846. The maximum Gasteiger partial charge on any atom is 0.271 e. The molecule has 2 aliphatic rings. The number of rotatable bonds is 5. The number of hydrogen-bond donors (Lipinski definition) is 2. The molecule has 144 valence electrons. The van der Waals surface area contributed by atoms with Gasteiger partial charge in [0.1, 0.15) is 11.5 Å². The van der Waals surface area contributed by atoms with Crippen molar-refractivity contribution in [3.63, 3.8) is 0 Å². The average molecular weight is 371 g/mol. The molecule has 6 nitrogen and oxygen atoms in total. The van der Waals surface area contributed by atoms with E-state index >= 15 is 0 Å². The zero-order valence-corrected chi connectivity index (χ0v) is 15.4. The van der Waals surface area contributed by atoms with Gasteiger partial charge in [-0.05, 0) is 62.1 Å². The number of piperidine rings is 1. The minimum Gasteiger partial charge on any atom is -0.371 e. The summed E-state index contributed by atoms with van der Waals surface area (Å²) in [5, 5.41) is 10.9. The van der Waals surface area contributed by atoms with Gasteiger partial charge in [-0.15, -0.1) is 0 Å². The molecule has 0 radical (unpaired) electrons. The number of halogens is 1. The third-order valence-corrected chi connectivity index (χ3v) is 5.51. The lowest BCUT2D eigenvalue weighted by atomic mass is 10.1. The Bertz CT molecular complexity index is 769. The van der Waals surface area contributed by atoms with Gasteiger partial charge in [0.2, 0.25) is 0 Å². The predicted octanol–water partition coefficient (Wildman–Crippen LogP) is 2.20. The fourth-order valence-electron chi connectivity index (χ4n) is 3.94. The molecule has 0 spiro atoms. The third kappa shape index (κ3) is 4.30. The van der Waals surface area contributed by atoms with Gasteiger partial charge in [-0.1, -0.05) is 0 Å². The first-order valence-corrected chi connectivity index (χ1v) is 9.73. The molecule has 1 aromatic carbocycles. The predicted molar refractivity (Wildman–Crippen MR) is 102 cm³/mol. The van der Waals surface area contributed by atoms with E-state index in [-0.39, 0.29) is 11.7 Å². The number of benzene rings is 1. The molecule has 0 saturated carbocycles. The van der Waals surface area contributed by atoms with Crippen molar-refractivity contribution < 1.29 is 9.18 Å². The lowest BCUT2D eigenvalue weighted by molar-refractivity contribution is 0.0942. The minimum atomic E-state index is -0.217. The highest BCUT2D eigenvalue weighted by Crippen LogP contribution is 2.23. The van der Waals surface area contributed by atoms with Crippen LogP contribution in [0.4, 0.5) is 10.1 Å². The highest BCUT2D eigenvalue weighted by molar-refractivity contribution is 5.92. The van der Waals surface area contributed by atoms with E-state index in [0.29, 0.717) is 24.2 Å². The highest BCUT2D eigenvalue weighted by Gasteiger charge is 2.24. The Morgan fingerprint density at radius 3 is 2.89 bits per heavy atom. The Balaban J connectivity index is 1.27. The highest BCUT2D eigenvalue weighted by atomic mass is 19.1. The van der Waals surface area contributed by atoms with Crippen molar-refractivity contribution in [3.05, 3.63) is 48.0 Å². The minimum absolute atomic E-state index is 0.113. The number of hydrogen-bond acceptors (Lipinski definition) is 4. The summed E-state index contributed by atoms with van der Waals surface area (Å²) in [4.78, 5) is 14.7. The molecule has 3 heterocycles. The second-order valence-corrected chi connectivity index (χ2v) is 7.47. The Morgan fingerprint density at radius 2 is 2.11 bits per heavy atom. The van der Waals surface area contributed by atoms with Gasteiger partial charge < -0.3 is 15.5 Å². The third-order valence-electron chi connectivity index (χ3n) is 5.51. The van der Waals surface area contributed by atoms with Crippen molar-refractivity contribution in [1.29, 1.82) is 0 Å². The van der Waals surface area contributed by atoms with Crippen molar-refractivity contribution in [1.82, 2.24) is 20.4 Å². The summed E-state index contributed by atoms with van der Waals surface area (Å²) in [6, 6.07) is 8.72. The maximum absolute atomic E-state index is 13.1. The summed E-state index contributed by atoms with van der Waals surface area (Å²) >= 11 is 0. The molecule has 2 fully saturated rings. The van der Waals surface area contributed by atoms with Gasteiger partial charge in [-0.25, -0.2) is 4.39 Å². The van der Waals surface area contributed by atoms with Crippen LogP contribution in [-0.4, -0.2) is 48.4 Å². The van der Waals surface area contributed by atoms with Crippen molar-refractivity contribution in [2.75, 3.05) is 37.6 Å². The Hall–Kier alpha value is -2.41.